The third-order valence-electron chi connectivity index (χ3n) is 3.73. The number of hydrogen-bond donors (Lipinski definition) is 2. The van der Waals surface area contributed by atoms with E-state index >= 15 is 0 Å². The molecule has 6 heteroatoms. The van der Waals surface area contributed by atoms with Gasteiger partial charge in [-0.15, -0.1) is 0 Å². The lowest BCUT2D eigenvalue weighted by Gasteiger charge is -2.18. The van der Waals surface area contributed by atoms with Crippen LogP contribution in [-0.2, 0) is 0 Å². The van der Waals surface area contributed by atoms with Crippen molar-refractivity contribution in [2.24, 2.45) is 5.92 Å². The maximum absolute atomic E-state index is 12.5. The average Bonchev–Trinajstić information content (AvgIpc) is 3.14. The van der Waals surface area contributed by atoms with Gasteiger partial charge in [0.25, 0.3) is 5.91 Å². The van der Waals surface area contributed by atoms with Crippen LogP contribution in [0.2, 0.25) is 5.02 Å². The summed E-state index contributed by atoms with van der Waals surface area (Å²) in [5.41, 5.74) is 3.08. The van der Waals surface area contributed by atoms with Gasteiger partial charge in [-0.2, -0.15) is 0 Å². The molecule has 0 bridgehead atoms. The lowest BCUT2D eigenvalue weighted by atomic mass is 10.1. The number of pyridine rings is 1. The minimum atomic E-state index is -0.0274. The number of fused-ring (bicyclic) bond motifs is 1. The van der Waals surface area contributed by atoms with E-state index in [9.17, 15) is 4.79 Å². The summed E-state index contributed by atoms with van der Waals surface area (Å²) in [6.45, 7) is 4.89. The number of aromatic amines is 2. The molecule has 0 unspecified atom stereocenters. The monoisotopic (exact) mass is 330 g/mol. The van der Waals surface area contributed by atoms with Crippen LogP contribution in [0.5, 0.6) is 0 Å². The molecule has 120 valence electrons. The molecule has 3 rings (SSSR count). The molecule has 0 fully saturated rings. The van der Waals surface area contributed by atoms with Gasteiger partial charge in [0, 0.05) is 48.7 Å². The van der Waals surface area contributed by atoms with Gasteiger partial charge in [-0.05, 0) is 18.1 Å². The molecule has 5 nitrogen and oxygen atoms in total. The van der Waals surface area contributed by atoms with E-state index in [0.29, 0.717) is 23.2 Å². The smallest absolute Gasteiger partial charge is 0.270 e. The first-order valence-electron chi connectivity index (χ1n) is 7.53. The normalized spacial score (nSPS) is 11.3. The lowest BCUT2D eigenvalue weighted by molar-refractivity contribution is 0.0774. The fourth-order valence-electron chi connectivity index (χ4n) is 2.78. The molecule has 0 aromatic carbocycles. The van der Waals surface area contributed by atoms with Crippen LogP contribution in [0.3, 0.4) is 0 Å². The second-order valence-electron chi connectivity index (χ2n) is 6.10. The topological polar surface area (TPSA) is 64.8 Å². The van der Waals surface area contributed by atoms with Crippen molar-refractivity contribution in [3.63, 3.8) is 0 Å². The van der Waals surface area contributed by atoms with Crippen LogP contribution in [0.1, 0.15) is 24.3 Å². The molecule has 0 aliphatic heterocycles. The van der Waals surface area contributed by atoms with Crippen LogP contribution in [0.4, 0.5) is 0 Å². The third-order valence-corrected chi connectivity index (χ3v) is 4.01. The highest BCUT2D eigenvalue weighted by molar-refractivity contribution is 6.34. The van der Waals surface area contributed by atoms with E-state index in [-0.39, 0.29) is 5.91 Å². The van der Waals surface area contributed by atoms with Gasteiger partial charge in [0.2, 0.25) is 0 Å². The van der Waals surface area contributed by atoms with Crippen LogP contribution in [0.15, 0.2) is 30.7 Å². The van der Waals surface area contributed by atoms with Gasteiger partial charge in [0.15, 0.2) is 0 Å². The number of carbonyl (C=O) groups excluding carboxylic acids is 1. The zero-order valence-electron chi connectivity index (χ0n) is 13.4. The Morgan fingerprint density at radius 1 is 1.39 bits per heavy atom. The van der Waals surface area contributed by atoms with Crippen LogP contribution < -0.4 is 0 Å². The standard InChI is InChI=1S/C17H19ClN4O/c1-10(2)9-22(3)17(23)14-6-11(7-20-14)15-12-4-5-19-16(12)21-8-13(15)18/h4-8,10,20H,9H2,1-3H3,(H,19,21). The first kappa shape index (κ1) is 15.6. The van der Waals surface area contributed by atoms with Crippen LogP contribution in [-0.4, -0.2) is 39.4 Å². The van der Waals surface area contributed by atoms with E-state index in [0.717, 1.165) is 22.2 Å². The fraction of sp³-hybridized carbons (Fsp3) is 0.294. The molecule has 3 aromatic heterocycles. The number of carbonyl (C=O) groups is 1. The Kier molecular flexibility index (Phi) is 4.13. The Morgan fingerprint density at radius 3 is 2.91 bits per heavy atom. The molecule has 2 N–H and O–H groups in total. The lowest BCUT2D eigenvalue weighted by Crippen LogP contribution is -2.30. The summed E-state index contributed by atoms with van der Waals surface area (Å²) < 4.78 is 0. The van der Waals surface area contributed by atoms with E-state index < -0.39 is 0 Å². The molecule has 0 saturated carbocycles. The van der Waals surface area contributed by atoms with Crippen molar-refractivity contribution in [1.82, 2.24) is 19.9 Å². The first-order valence-corrected chi connectivity index (χ1v) is 7.91. The number of nitrogens with one attached hydrogen (secondary N) is 2. The molecule has 1 amide bonds. The van der Waals surface area contributed by atoms with Crippen LogP contribution in [0.25, 0.3) is 22.2 Å². The summed E-state index contributed by atoms with van der Waals surface area (Å²) in [6.07, 6.45) is 5.26. The molecule has 0 radical (unpaired) electrons. The molecule has 0 aliphatic carbocycles. The van der Waals surface area contributed by atoms with Gasteiger partial charge in [-0.25, -0.2) is 4.98 Å². The number of halogens is 1. The Balaban J connectivity index is 1.97. The summed E-state index contributed by atoms with van der Waals surface area (Å²) in [6, 6.07) is 3.77. The van der Waals surface area contributed by atoms with Gasteiger partial charge in [-0.3, -0.25) is 4.79 Å². The Morgan fingerprint density at radius 2 is 2.17 bits per heavy atom. The van der Waals surface area contributed by atoms with Gasteiger partial charge < -0.3 is 14.9 Å². The van der Waals surface area contributed by atoms with Crippen molar-refractivity contribution in [1.29, 1.82) is 0 Å². The fourth-order valence-corrected chi connectivity index (χ4v) is 3.04. The zero-order chi connectivity index (χ0) is 16.6. The van der Waals surface area contributed by atoms with Crippen molar-refractivity contribution < 1.29 is 4.79 Å². The number of nitrogens with zero attached hydrogens (tertiary/aromatic N) is 2. The molecule has 23 heavy (non-hydrogen) atoms. The Labute approximate surface area is 139 Å². The van der Waals surface area contributed by atoms with E-state index in [1.807, 2.05) is 31.6 Å². The van der Waals surface area contributed by atoms with Crippen molar-refractivity contribution in [2.45, 2.75) is 13.8 Å². The van der Waals surface area contributed by atoms with E-state index in [1.165, 1.54) is 0 Å². The maximum Gasteiger partial charge on any atom is 0.270 e. The second-order valence-corrected chi connectivity index (χ2v) is 6.51. The number of H-pyrrole nitrogens is 2. The maximum atomic E-state index is 12.5. The van der Waals surface area contributed by atoms with Gasteiger partial charge in [0.1, 0.15) is 11.3 Å². The Hall–Kier alpha value is -2.27. The number of aromatic nitrogens is 3. The zero-order valence-corrected chi connectivity index (χ0v) is 14.1. The highest BCUT2D eigenvalue weighted by atomic mass is 35.5. The minimum Gasteiger partial charge on any atom is -0.357 e. The molecular weight excluding hydrogens is 312 g/mol. The highest BCUT2D eigenvalue weighted by Gasteiger charge is 2.17. The van der Waals surface area contributed by atoms with Crippen molar-refractivity contribution in [2.75, 3.05) is 13.6 Å². The van der Waals surface area contributed by atoms with Gasteiger partial charge in [-0.1, -0.05) is 25.4 Å². The largest absolute Gasteiger partial charge is 0.357 e. The summed E-state index contributed by atoms with van der Waals surface area (Å²) in [5.74, 6) is 0.396. The summed E-state index contributed by atoms with van der Waals surface area (Å²) >= 11 is 6.33. The molecule has 0 aliphatic rings. The minimum absolute atomic E-state index is 0.0274. The number of amides is 1. The van der Waals surface area contributed by atoms with Crippen LogP contribution >= 0.6 is 11.6 Å². The molecular formula is C17H19ClN4O. The van der Waals surface area contributed by atoms with E-state index in [1.54, 1.807) is 11.1 Å². The summed E-state index contributed by atoms with van der Waals surface area (Å²) in [5, 5.41) is 1.50. The van der Waals surface area contributed by atoms with Crippen molar-refractivity contribution >= 4 is 28.5 Å². The molecule has 3 heterocycles. The highest BCUT2D eigenvalue weighted by Crippen LogP contribution is 2.34. The second kappa shape index (κ2) is 6.08. The van der Waals surface area contributed by atoms with Gasteiger partial charge >= 0.3 is 0 Å². The van der Waals surface area contributed by atoms with Crippen molar-refractivity contribution in [3.05, 3.63) is 41.4 Å². The molecule has 0 saturated heterocycles. The molecule has 0 spiro atoms. The predicted molar refractivity (Wildman–Crippen MR) is 92.7 cm³/mol. The molecule has 0 atom stereocenters. The van der Waals surface area contributed by atoms with Crippen molar-refractivity contribution in [3.8, 4) is 11.1 Å². The summed E-state index contributed by atoms with van der Waals surface area (Å²) in [7, 11) is 1.81. The number of rotatable bonds is 4. The third kappa shape index (κ3) is 2.97. The Bertz CT molecular complexity index is 849. The quantitative estimate of drug-likeness (QED) is 0.761. The molecule has 3 aromatic rings. The number of hydrogen-bond acceptors (Lipinski definition) is 2. The van der Waals surface area contributed by atoms with E-state index in [2.05, 4.69) is 28.8 Å². The van der Waals surface area contributed by atoms with E-state index in [4.69, 9.17) is 11.6 Å². The SMILES string of the molecule is CC(C)CN(C)C(=O)c1cc(-c2c(Cl)cnc3[nH]ccc23)c[nH]1. The first-order chi connectivity index (χ1) is 11.0. The predicted octanol–water partition coefficient (Wildman–Crippen LogP) is 3.94. The average molecular weight is 331 g/mol. The van der Waals surface area contributed by atoms with Gasteiger partial charge in [0.05, 0.1) is 5.02 Å². The summed E-state index contributed by atoms with van der Waals surface area (Å²) in [4.78, 5) is 24.6. The van der Waals surface area contributed by atoms with Crippen LogP contribution in [0, 0.1) is 5.92 Å².